The van der Waals surface area contributed by atoms with Crippen molar-refractivity contribution in [1.29, 1.82) is 0 Å². The van der Waals surface area contributed by atoms with Gasteiger partial charge in [0.1, 0.15) is 0 Å². The van der Waals surface area contributed by atoms with Crippen molar-refractivity contribution >= 4 is 15.6 Å². The molecule has 2 aromatic carbocycles. The fourth-order valence-corrected chi connectivity index (χ4v) is 4.51. The predicted molar refractivity (Wildman–Crippen MR) is 83.8 cm³/mol. The number of rotatable bonds is 3. The Balaban J connectivity index is 2.03. The zero-order chi connectivity index (χ0) is 14.9. The van der Waals surface area contributed by atoms with Crippen LogP contribution in [0, 0.1) is 6.92 Å². The van der Waals surface area contributed by atoms with E-state index in [1.807, 2.05) is 37.3 Å². The van der Waals surface area contributed by atoms with Crippen LogP contribution in [0.4, 0.5) is 0 Å². The highest BCUT2D eigenvalue weighted by atomic mass is 32.2. The van der Waals surface area contributed by atoms with Crippen LogP contribution in [0.2, 0.25) is 0 Å². The van der Waals surface area contributed by atoms with E-state index in [0.29, 0.717) is 10.5 Å². The van der Waals surface area contributed by atoms with Crippen LogP contribution in [0.1, 0.15) is 28.8 Å². The van der Waals surface area contributed by atoms with Gasteiger partial charge in [0.25, 0.3) is 5.91 Å². The molecule has 4 heteroatoms. The fourth-order valence-electron chi connectivity index (χ4n) is 2.19. The molecule has 3 rings (SSSR count). The minimum atomic E-state index is -2.66. The van der Waals surface area contributed by atoms with Crippen molar-refractivity contribution in [2.75, 3.05) is 0 Å². The molecule has 1 aliphatic carbocycles. The molecule has 0 bridgehead atoms. The number of hydrogen-bond donors (Lipinski definition) is 0. The first kappa shape index (κ1) is 14.0. The van der Waals surface area contributed by atoms with Gasteiger partial charge >= 0.3 is 0 Å². The van der Waals surface area contributed by atoms with Gasteiger partial charge < -0.3 is 0 Å². The van der Waals surface area contributed by atoms with Crippen LogP contribution in [0.15, 0.2) is 63.9 Å². The summed E-state index contributed by atoms with van der Waals surface area (Å²) in [6.07, 6.45) is 1.75. The second-order valence-electron chi connectivity index (χ2n) is 5.34. The predicted octanol–water partition coefficient (Wildman–Crippen LogP) is 3.82. The van der Waals surface area contributed by atoms with Crippen LogP contribution in [-0.4, -0.2) is 15.4 Å². The van der Waals surface area contributed by atoms with E-state index in [1.165, 1.54) is 0 Å². The molecule has 1 unspecified atom stereocenters. The lowest BCUT2D eigenvalue weighted by atomic mass is 10.1. The summed E-state index contributed by atoms with van der Waals surface area (Å²) in [4.78, 5) is 13.0. The Bertz CT molecular complexity index is 768. The Labute approximate surface area is 125 Å². The summed E-state index contributed by atoms with van der Waals surface area (Å²) in [5.41, 5.74) is 1.57. The number of nitrogens with zero attached hydrogens (tertiary/aromatic N) is 1. The first-order chi connectivity index (χ1) is 10.1. The summed E-state index contributed by atoms with van der Waals surface area (Å²) in [6.45, 7) is 1.96. The second-order valence-corrected chi connectivity index (χ2v) is 7.80. The van der Waals surface area contributed by atoms with Crippen molar-refractivity contribution in [1.82, 2.24) is 0 Å². The molecule has 108 valence electrons. The summed E-state index contributed by atoms with van der Waals surface area (Å²) in [5, 5.41) is 0.00861. The number of amides is 1. The van der Waals surface area contributed by atoms with Gasteiger partial charge in [0.15, 0.2) is 0 Å². The summed E-state index contributed by atoms with van der Waals surface area (Å²) in [5.74, 6) is -0.393. The van der Waals surface area contributed by atoms with E-state index in [-0.39, 0.29) is 5.25 Å². The lowest BCUT2D eigenvalue weighted by Gasteiger charge is -2.08. The quantitative estimate of drug-likeness (QED) is 0.865. The molecule has 1 saturated carbocycles. The van der Waals surface area contributed by atoms with Gasteiger partial charge in [0.2, 0.25) is 0 Å². The first-order valence-corrected chi connectivity index (χ1v) is 8.59. The maximum absolute atomic E-state index is 13.2. The average molecular weight is 299 g/mol. The lowest BCUT2D eigenvalue weighted by Crippen LogP contribution is -2.10. The number of carbonyl (C=O) groups is 1. The van der Waals surface area contributed by atoms with E-state index in [9.17, 15) is 9.00 Å². The van der Waals surface area contributed by atoms with Crippen LogP contribution < -0.4 is 0 Å². The van der Waals surface area contributed by atoms with Crippen molar-refractivity contribution in [2.24, 2.45) is 4.36 Å². The van der Waals surface area contributed by atoms with Gasteiger partial charge in [-0.1, -0.05) is 35.9 Å². The third-order valence-electron chi connectivity index (χ3n) is 3.57. The summed E-state index contributed by atoms with van der Waals surface area (Å²) >= 11 is 0. The van der Waals surface area contributed by atoms with Crippen LogP contribution in [0.25, 0.3) is 0 Å². The molecule has 1 fully saturated rings. The van der Waals surface area contributed by atoms with Crippen LogP contribution in [-0.2, 0) is 9.73 Å². The highest BCUT2D eigenvalue weighted by molar-refractivity contribution is 7.94. The minimum absolute atomic E-state index is 0.00861. The maximum atomic E-state index is 13.2. The molecule has 0 N–H and O–H groups in total. The molecule has 2 aromatic rings. The number of hydrogen-bond acceptors (Lipinski definition) is 2. The Morgan fingerprint density at radius 1 is 1.05 bits per heavy atom. The van der Waals surface area contributed by atoms with Gasteiger partial charge in [-0.2, -0.15) is 4.36 Å². The molecule has 1 aliphatic rings. The number of carbonyl (C=O) groups excluding carboxylic acids is 1. The third kappa shape index (κ3) is 2.90. The van der Waals surface area contributed by atoms with E-state index >= 15 is 0 Å². The topological polar surface area (TPSA) is 46.5 Å². The van der Waals surface area contributed by atoms with Gasteiger partial charge in [-0.05, 0) is 44.0 Å². The normalized spacial score (nSPS) is 17.0. The van der Waals surface area contributed by atoms with Crippen molar-refractivity contribution in [3.8, 4) is 0 Å². The zero-order valence-corrected chi connectivity index (χ0v) is 12.7. The Morgan fingerprint density at radius 3 is 2.24 bits per heavy atom. The zero-order valence-electron chi connectivity index (χ0n) is 11.9. The van der Waals surface area contributed by atoms with Gasteiger partial charge in [0.05, 0.1) is 9.73 Å². The van der Waals surface area contributed by atoms with Crippen LogP contribution >= 0.6 is 0 Å². The standard InChI is InChI=1S/C17H17NO2S/c1-13-7-9-14(10-8-13)17(19)18-21(20,16-11-12-16)15-5-3-2-4-6-15/h2-10,16H,11-12H2,1H3. The van der Waals surface area contributed by atoms with E-state index in [2.05, 4.69) is 4.36 Å². The summed E-state index contributed by atoms with van der Waals surface area (Å²) < 4.78 is 17.3. The van der Waals surface area contributed by atoms with Crippen LogP contribution in [0.3, 0.4) is 0 Å². The maximum Gasteiger partial charge on any atom is 0.285 e. The Morgan fingerprint density at radius 2 is 1.67 bits per heavy atom. The number of aryl methyl sites for hydroxylation is 1. The van der Waals surface area contributed by atoms with E-state index in [1.54, 1.807) is 24.3 Å². The average Bonchev–Trinajstić information content (AvgIpc) is 3.33. The van der Waals surface area contributed by atoms with Crippen molar-refractivity contribution in [3.05, 3.63) is 65.7 Å². The Kier molecular flexibility index (Phi) is 3.64. The van der Waals surface area contributed by atoms with E-state index in [0.717, 1.165) is 18.4 Å². The molecular weight excluding hydrogens is 282 g/mol. The fraction of sp³-hybridized carbons (Fsp3) is 0.235. The van der Waals surface area contributed by atoms with Crippen molar-refractivity contribution in [2.45, 2.75) is 29.9 Å². The minimum Gasteiger partial charge on any atom is -0.266 e. The van der Waals surface area contributed by atoms with Gasteiger partial charge in [-0.15, -0.1) is 0 Å². The molecule has 0 heterocycles. The first-order valence-electron chi connectivity index (χ1n) is 7.02. The van der Waals surface area contributed by atoms with Crippen molar-refractivity contribution in [3.63, 3.8) is 0 Å². The molecule has 0 aromatic heterocycles. The molecule has 0 saturated heterocycles. The lowest BCUT2D eigenvalue weighted by molar-refractivity contribution is 0.100. The largest absolute Gasteiger partial charge is 0.285 e. The second kappa shape index (κ2) is 5.45. The van der Waals surface area contributed by atoms with E-state index < -0.39 is 15.6 Å². The molecule has 1 amide bonds. The SMILES string of the molecule is Cc1ccc(C(=O)N=S(=O)(c2ccccc2)C2CC2)cc1. The molecule has 3 nitrogen and oxygen atoms in total. The highest BCUT2D eigenvalue weighted by Gasteiger charge is 2.35. The van der Waals surface area contributed by atoms with Crippen molar-refractivity contribution < 1.29 is 9.00 Å². The van der Waals surface area contributed by atoms with Gasteiger partial charge in [-0.25, -0.2) is 4.21 Å². The molecule has 1 atom stereocenters. The molecule has 0 radical (unpaired) electrons. The Hall–Kier alpha value is -1.94. The third-order valence-corrected chi connectivity index (χ3v) is 6.33. The van der Waals surface area contributed by atoms with Gasteiger partial charge in [0, 0.05) is 15.7 Å². The smallest absolute Gasteiger partial charge is 0.266 e. The van der Waals surface area contributed by atoms with Crippen LogP contribution in [0.5, 0.6) is 0 Å². The molecule has 21 heavy (non-hydrogen) atoms. The van der Waals surface area contributed by atoms with Gasteiger partial charge in [-0.3, -0.25) is 4.79 Å². The molecular formula is C17H17NO2S. The molecule has 0 spiro atoms. The summed E-state index contributed by atoms with van der Waals surface area (Å²) in [6, 6.07) is 16.3. The summed E-state index contributed by atoms with van der Waals surface area (Å²) in [7, 11) is -2.66. The highest BCUT2D eigenvalue weighted by Crippen LogP contribution is 2.35. The monoisotopic (exact) mass is 299 g/mol. The number of benzene rings is 2. The molecule has 0 aliphatic heterocycles. The van der Waals surface area contributed by atoms with E-state index in [4.69, 9.17) is 0 Å².